The van der Waals surface area contributed by atoms with E-state index in [2.05, 4.69) is 19.5 Å². The molecule has 10 heteroatoms. The first kappa shape index (κ1) is 22.0. The highest BCUT2D eigenvalue weighted by Gasteiger charge is 2.42. The summed E-state index contributed by atoms with van der Waals surface area (Å²) in [4.78, 5) is 48.2. The Hall–Kier alpha value is -3.04. The lowest BCUT2D eigenvalue weighted by Gasteiger charge is -2.27. The van der Waals surface area contributed by atoms with Crippen molar-refractivity contribution in [3.8, 4) is 0 Å². The number of carbonyl (C=O) groups excluding carboxylic acids is 4. The Morgan fingerprint density at radius 3 is 1.93 bits per heavy atom. The van der Waals surface area contributed by atoms with Gasteiger partial charge in [-0.25, -0.2) is 13.6 Å². The number of ether oxygens (including phenoxy) is 3. The molecular formula is C17H19F2NO7. The van der Waals surface area contributed by atoms with E-state index in [1.807, 2.05) is 0 Å². The molecule has 1 aromatic rings. The van der Waals surface area contributed by atoms with Crippen LogP contribution in [0.5, 0.6) is 0 Å². The lowest BCUT2D eigenvalue weighted by molar-refractivity contribution is -0.163. The SMILES string of the molecule is COC(=O)C(C(=O)OC)[C@@H](C)[C@@H](NC(=O)c1cccc(F)c1F)C(=O)OC. The van der Waals surface area contributed by atoms with E-state index in [9.17, 15) is 28.0 Å². The van der Waals surface area contributed by atoms with Crippen LogP contribution in [-0.2, 0) is 28.6 Å². The molecule has 0 fully saturated rings. The van der Waals surface area contributed by atoms with Crippen LogP contribution in [0.2, 0.25) is 0 Å². The average Bonchev–Trinajstić information content (AvgIpc) is 2.66. The molecule has 0 saturated heterocycles. The van der Waals surface area contributed by atoms with Crippen LogP contribution in [0.25, 0.3) is 0 Å². The maximum atomic E-state index is 13.8. The summed E-state index contributed by atoms with van der Waals surface area (Å²) in [5.74, 6) is -9.58. The molecule has 0 bridgehead atoms. The van der Waals surface area contributed by atoms with Crippen LogP contribution >= 0.6 is 0 Å². The highest BCUT2D eigenvalue weighted by atomic mass is 19.2. The minimum absolute atomic E-state index is 0.663. The molecule has 27 heavy (non-hydrogen) atoms. The summed E-state index contributed by atoms with van der Waals surface area (Å²) in [5, 5.41) is 2.15. The Morgan fingerprint density at radius 2 is 1.44 bits per heavy atom. The predicted octanol–water partition coefficient (Wildman–Crippen LogP) is 0.834. The summed E-state index contributed by atoms with van der Waals surface area (Å²) in [6.07, 6.45) is 0. The van der Waals surface area contributed by atoms with Crippen molar-refractivity contribution in [2.75, 3.05) is 21.3 Å². The minimum atomic E-state index is -1.57. The van der Waals surface area contributed by atoms with E-state index in [4.69, 9.17) is 0 Å². The third kappa shape index (κ3) is 4.99. The number of hydrogen-bond donors (Lipinski definition) is 1. The van der Waals surface area contributed by atoms with Gasteiger partial charge in [0.25, 0.3) is 5.91 Å². The molecule has 0 aromatic heterocycles. The summed E-state index contributed by atoms with van der Waals surface area (Å²) in [7, 11) is 3.07. The van der Waals surface area contributed by atoms with Gasteiger partial charge in [-0.15, -0.1) is 0 Å². The molecule has 1 amide bonds. The molecule has 0 aliphatic carbocycles. The summed E-state index contributed by atoms with van der Waals surface area (Å²) in [5.41, 5.74) is -0.663. The molecule has 148 valence electrons. The molecular weight excluding hydrogens is 368 g/mol. The first-order chi connectivity index (χ1) is 12.7. The van der Waals surface area contributed by atoms with Gasteiger partial charge in [0, 0.05) is 5.92 Å². The van der Waals surface area contributed by atoms with Crippen molar-refractivity contribution >= 4 is 23.8 Å². The fourth-order valence-electron chi connectivity index (χ4n) is 2.40. The molecule has 0 unspecified atom stereocenters. The van der Waals surface area contributed by atoms with E-state index in [0.29, 0.717) is 0 Å². The fourth-order valence-corrected chi connectivity index (χ4v) is 2.40. The first-order valence-corrected chi connectivity index (χ1v) is 7.67. The molecule has 0 heterocycles. The van der Waals surface area contributed by atoms with E-state index in [0.717, 1.165) is 39.5 Å². The second-order valence-electron chi connectivity index (χ2n) is 5.46. The van der Waals surface area contributed by atoms with Crippen molar-refractivity contribution in [3.63, 3.8) is 0 Å². The van der Waals surface area contributed by atoms with Crippen LogP contribution in [0.3, 0.4) is 0 Å². The third-order valence-electron chi connectivity index (χ3n) is 3.90. The molecule has 2 atom stereocenters. The monoisotopic (exact) mass is 387 g/mol. The molecule has 1 N–H and O–H groups in total. The standard InChI is InChI=1S/C17H19F2NO7/c1-8(11(15(22)25-2)16(23)26-3)13(17(24)27-4)20-14(21)9-6-5-7-10(18)12(9)19/h5-8,11,13H,1-4H3,(H,20,21)/t8-,13-/m1/s1. The largest absolute Gasteiger partial charge is 0.468 e. The average molecular weight is 387 g/mol. The molecule has 0 radical (unpaired) electrons. The van der Waals surface area contributed by atoms with Crippen LogP contribution in [0, 0.1) is 23.5 Å². The van der Waals surface area contributed by atoms with Gasteiger partial charge >= 0.3 is 17.9 Å². The van der Waals surface area contributed by atoms with Gasteiger partial charge < -0.3 is 19.5 Å². The van der Waals surface area contributed by atoms with Gasteiger partial charge in [-0.1, -0.05) is 13.0 Å². The van der Waals surface area contributed by atoms with Crippen LogP contribution in [0.4, 0.5) is 8.78 Å². The van der Waals surface area contributed by atoms with Crippen LogP contribution < -0.4 is 5.32 Å². The Bertz CT molecular complexity index is 722. The highest BCUT2D eigenvalue weighted by Crippen LogP contribution is 2.21. The van der Waals surface area contributed by atoms with Gasteiger partial charge in [0.2, 0.25) is 0 Å². The highest BCUT2D eigenvalue weighted by molar-refractivity contribution is 5.99. The second kappa shape index (κ2) is 9.60. The Labute approximate surface area is 153 Å². The smallest absolute Gasteiger partial charge is 0.328 e. The number of hydrogen-bond acceptors (Lipinski definition) is 7. The second-order valence-corrected chi connectivity index (χ2v) is 5.46. The number of carbonyl (C=O) groups is 4. The quantitative estimate of drug-likeness (QED) is 0.419. The molecule has 1 rings (SSSR count). The predicted molar refractivity (Wildman–Crippen MR) is 86.3 cm³/mol. The van der Waals surface area contributed by atoms with Gasteiger partial charge in [0.15, 0.2) is 17.6 Å². The van der Waals surface area contributed by atoms with Crippen molar-refractivity contribution in [1.29, 1.82) is 0 Å². The van der Waals surface area contributed by atoms with E-state index < -0.39 is 58.9 Å². The number of methoxy groups -OCH3 is 3. The Balaban J connectivity index is 3.22. The first-order valence-electron chi connectivity index (χ1n) is 7.67. The summed E-state index contributed by atoms with van der Waals surface area (Å²) in [6, 6.07) is 1.38. The Kier molecular flexibility index (Phi) is 7.82. The zero-order chi connectivity index (χ0) is 20.7. The van der Waals surface area contributed by atoms with Gasteiger partial charge in [0.05, 0.1) is 26.9 Å². The number of nitrogens with one attached hydrogen (secondary N) is 1. The maximum Gasteiger partial charge on any atom is 0.328 e. The van der Waals surface area contributed by atoms with Crippen molar-refractivity contribution in [2.24, 2.45) is 11.8 Å². The van der Waals surface area contributed by atoms with E-state index in [1.54, 1.807) is 0 Å². The minimum Gasteiger partial charge on any atom is -0.468 e. The number of rotatable bonds is 7. The lowest BCUT2D eigenvalue weighted by Crippen LogP contribution is -2.51. The van der Waals surface area contributed by atoms with E-state index >= 15 is 0 Å². The van der Waals surface area contributed by atoms with Gasteiger partial charge in [-0.2, -0.15) is 0 Å². The zero-order valence-electron chi connectivity index (χ0n) is 15.1. The van der Waals surface area contributed by atoms with Crippen LogP contribution in [0.15, 0.2) is 18.2 Å². The Morgan fingerprint density at radius 1 is 0.926 bits per heavy atom. The summed E-state index contributed by atoms with van der Waals surface area (Å²) >= 11 is 0. The zero-order valence-corrected chi connectivity index (χ0v) is 15.1. The van der Waals surface area contributed by atoms with Gasteiger partial charge in [-0.3, -0.25) is 14.4 Å². The van der Waals surface area contributed by atoms with Crippen molar-refractivity contribution in [2.45, 2.75) is 13.0 Å². The molecule has 1 aromatic carbocycles. The fraction of sp³-hybridized carbons (Fsp3) is 0.412. The third-order valence-corrected chi connectivity index (χ3v) is 3.90. The molecule has 8 nitrogen and oxygen atoms in total. The molecule has 0 spiro atoms. The summed E-state index contributed by atoms with van der Waals surface area (Å²) in [6.45, 7) is 1.29. The lowest BCUT2D eigenvalue weighted by atomic mass is 9.87. The normalized spacial score (nSPS) is 12.7. The van der Waals surface area contributed by atoms with Gasteiger partial charge in [0.1, 0.15) is 6.04 Å². The van der Waals surface area contributed by atoms with Crippen molar-refractivity contribution in [1.82, 2.24) is 5.32 Å². The van der Waals surface area contributed by atoms with Crippen molar-refractivity contribution in [3.05, 3.63) is 35.4 Å². The molecule has 0 aliphatic heterocycles. The molecule has 0 saturated carbocycles. The number of benzene rings is 1. The molecule has 0 aliphatic rings. The van der Waals surface area contributed by atoms with Crippen molar-refractivity contribution < 1.29 is 42.2 Å². The van der Waals surface area contributed by atoms with Crippen LogP contribution in [-0.4, -0.2) is 51.2 Å². The number of halogens is 2. The van der Waals surface area contributed by atoms with E-state index in [1.165, 1.54) is 6.92 Å². The summed E-state index contributed by atoms with van der Waals surface area (Å²) < 4.78 is 40.8. The maximum absolute atomic E-state index is 13.8. The topological polar surface area (TPSA) is 108 Å². The number of amides is 1. The van der Waals surface area contributed by atoms with Gasteiger partial charge in [-0.05, 0) is 12.1 Å². The van der Waals surface area contributed by atoms with Crippen LogP contribution in [0.1, 0.15) is 17.3 Å². The van der Waals surface area contributed by atoms with E-state index in [-0.39, 0.29) is 0 Å². The number of esters is 3.